The molecule has 8 aromatic rings. The average Bonchev–Trinajstić information content (AvgIpc) is 3.60. The van der Waals surface area contributed by atoms with Crippen molar-refractivity contribution in [1.29, 1.82) is 0 Å². The first kappa shape index (κ1) is 32.3. The molecule has 0 bridgehead atoms. The van der Waals surface area contributed by atoms with Crippen molar-refractivity contribution in [3.63, 3.8) is 0 Å². The second kappa shape index (κ2) is 13.2. The maximum absolute atomic E-state index is 6.52. The minimum absolute atomic E-state index is 0.104. The van der Waals surface area contributed by atoms with E-state index in [4.69, 9.17) is 14.4 Å². The molecule has 9 rings (SSSR count). The van der Waals surface area contributed by atoms with Gasteiger partial charge in [-0.25, -0.2) is 9.97 Å². The topological polar surface area (TPSA) is 38.9 Å². The van der Waals surface area contributed by atoms with Gasteiger partial charge in [-0.05, 0) is 69.5 Å². The first-order valence-electron chi connectivity index (χ1n) is 18.2. The number of hydrogen-bond donors (Lipinski definition) is 0. The van der Waals surface area contributed by atoms with Crippen LogP contribution in [0.1, 0.15) is 42.7 Å². The number of fused-ring (bicyclic) bond motifs is 4. The molecule has 0 N–H and O–H groups in total. The molecule has 254 valence electrons. The Kier molecular flexibility index (Phi) is 8.05. The van der Waals surface area contributed by atoms with E-state index >= 15 is 0 Å². The minimum Gasteiger partial charge on any atom is -0.455 e. The Balaban J connectivity index is 1.16. The molecule has 1 aliphatic carbocycles. The fourth-order valence-electron chi connectivity index (χ4n) is 7.61. The molecule has 0 aliphatic heterocycles. The van der Waals surface area contributed by atoms with Crippen molar-refractivity contribution in [2.24, 2.45) is 0 Å². The summed E-state index contributed by atoms with van der Waals surface area (Å²) in [5.74, 6) is 1.52. The summed E-state index contributed by atoms with van der Waals surface area (Å²) in [6.45, 7) is 9.30. The quantitative estimate of drug-likeness (QED) is 0.181. The molecule has 0 saturated heterocycles. The molecule has 2 heterocycles. The lowest BCUT2D eigenvalue weighted by atomic mass is 9.77. The Morgan fingerprint density at radius 3 is 1.83 bits per heavy atom. The van der Waals surface area contributed by atoms with Crippen LogP contribution in [0.4, 0.5) is 0 Å². The summed E-state index contributed by atoms with van der Waals surface area (Å²) in [6.07, 6.45) is 5.39. The van der Waals surface area contributed by atoms with Gasteiger partial charge in [0.2, 0.25) is 0 Å². The standard InChI is InChI=1S/C50H38N2O/c1-33-43-31-37(27-28-44(43)50(2,3)29-15-25-42-41-24-12-13-26-47(41)53-48(33)42)40-23-11-10-22-39(40)36-20-14-21-38(30-36)49-51-45(34-16-6-4-7-17-34)32-46(52-49)35-18-8-5-9-19-35/h4-28,30-32H,1,29H2,2-3H3/b25-15-. The third-order valence-corrected chi connectivity index (χ3v) is 10.4. The van der Waals surface area contributed by atoms with Gasteiger partial charge in [0.15, 0.2) is 5.82 Å². The van der Waals surface area contributed by atoms with Crippen molar-refractivity contribution in [2.45, 2.75) is 25.7 Å². The Bertz CT molecular complexity index is 2620. The van der Waals surface area contributed by atoms with Crippen LogP contribution in [-0.2, 0) is 5.41 Å². The van der Waals surface area contributed by atoms with Crippen LogP contribution >= 0.6 is 0 Å². The van der Waals surface area contributed by atoms with Gasteiger partial charge in [-0.2, -0.15) is 0 Å². The summed E-state index contributed by atoms with van der Waals surface area (Å²) in [5, 5.41) is 1.11. The lowest BCUT2D eigenvalue weighted by molar-refractivity contribution is 0.533. The predicted molar refractivity (Wildman–Crippen MR) is 220 cm³/mol. The van der Waals surface area contributed by atoms with Crippen LogP contribution in [0.3, 0.4) is 0 Å². The highest BCUT2D eigenvalue weighted by molar-refractivity contribution is 5.96. The van der Waals surface area contributed by atoms with E-state index in [1.54, 1.807) is 0 Å². The molecule has 6 aromatic carbocycles. The normalized spacial score (nSPS) is 14.1. The number of benzene rings is 6. The third-order valence-electron chi connectivity index (χ3n) is 10.4. The van der Waals surface area contributed by atoms with Gasteiger partial charge in [0, 0.05) is 33.2 Å². The summed E-state index contributed by atoms with van der Waals surface area (Å²) < 4.78 is 6.52. The largest absolute Gasteiger partial charge is 0.455 e. The highest BCUT2D eigenvalue weighted by Gasteiger charge is 2.28. The molecule has 0 atom stereocenters. The molecule has 1 aliphatic rings. The highest BCUT2D eigenvalue weighted by Crippen LogP contribution is 2.44. The highest BCUT2D eigenvalue weighted by atomic mass is 16.3. The zero-order chi connectivity index (χ0) is 35.9. The van der Waals surface area contributed by atoms with Crippen LogP contribution in [-0.4, -0.2) is 9.97 Å². The summed E-state index contributed by atoms with van der Waals surface area (Å²) >= 11 is 0. The van der Waals surface area contributed by atoms with Crippen LogP contribution in [0.2, 0.25) is 0 Å². The fourth-order valence-corrected chi connectivity index (χ4v) is 7.61. The van der Waals surface area contributed by atoms with Crippen LogP contribution in [0.15, 0.2) is 175 Å². The molecule has 0 unspecified atom stereocenters. The van der Waals surface area contributed by atoms with Gasteiger partial charge >= 0.3 is 0 Å². The fraction of sp³-hybridized carbons (Fsp3) is 0.0800. The first-order valence-corrected chi connectivity index (χ1v) is 18.2. The van der Waals surface area contributed by atoms with Gasteiger partial charge in [0.1, 0.15) is 11.3 Å². The molecule has 0 fully saturated rings. The monoisotopic (exact) mass is 682 g/mol. The molecule has 0 saturated carbocycles. The molecule has 0 spiro atoms. The Labute approximate surface area is 310 Å². The van der Waals surface area contributed by atoms with Crippen molar-refractivity contribution in [1.82, 2.24) is 9.97 Å². The second-order valence-electron chi connectivity index (χ2n) is 14.4. The van der Waals surface area contributed by atoms with Gasteiger partial charge in [-0.15, -0.1) is 0 Å². The first-order chi connectivity index (χ1) is 25.9. The van der Waals surface area contributed by atoms with Crippen LogP contribution in [0.25, 0.3) is 78.8 Å². The number of nitrogens with zero attached hydrogens (tertiary/aromatic N) is 2. The second-order valence-corrected chi connectivity index (χ2v) is 14.4. The molecule has 3 nitrogen and oxygen atoms in total. The van der Waals surface area contributed by atoms with E-state index < -0.39 is 0 Å². The van der Waals surface area contributed by atoms with Crippen LogP contribution in [0, 0.1) is 0 Å². The average molecular weight is 683 g/mol. The molecule has 0 amide bonds. The number of hydrogen-bond acceptors (Lipinski definition) is 3. The summed E-state index contributed by atoms with van der Waals surface area (Å²) in [6, 6.07) is 55.0. The maximum atomic E-state index is 6.52. The molecule has 53 heavy (non-hydrogen) atoms. The van der Waals surface area contributed by atoms with Crippen molar-refractivity contribution < 1.29 is 4.42 Å². The summed E-state index contributed by atoms with van der Waals surface area (Å²) in [7, 11) is 0. The molecule has 2 aromatic heterocycles. The number of para-hydroxylation sites is 1. The third kappa shape index (κ3) is 6.00. The maximum Gasteiger partial charge on any atom is 0.160 e. The van der Waals surface area contributed by atoms with E-state index in [9.17, 15) is 0 Å². The predicted octanol–water partition coefficient (Wildman–Crippen LogP) is 13.3. The number of aromatic nitrogens is 2. The lowest BCUT2D eigenvalue weighted by Gasteiger charge is -2.27. The van der Waals surface area contributed by atoms with Gasteiger partial charge in [0.25, 0.3) is 0 Å². The van der Waals surface area contributed by atoms with Crippen molar-refractivity contribution >= 4 is 22.6 Å². The molecule has 0 radical (unpaired) electrons. The van der Waals surface area contributed by atoms with Gasteiger partial charge in [-0.3, -0.25) is 0 Å². The number of allylic oxidation sites excluding steroid dienone is 1. The zero-order valence-corrected chi connectivity index (χ0v) is 29.9. The van der Waals surface area contributed by atoms with E-state index in [1.807, 2.05) is 48.5 Å². The number of furan rings is 1. The smallest absolute Gasteiger partial charge is 0.160 e. The Hall–Kier alpha value is -6.58. The van der Waals surface area contributed by atoms with Crippen molar-refractivity contribution in [3.8, 4) is 56.2 Å². The van der Waals surface area contributed by atoms with Crippen molar-refractivity contribution in [2.75, 3.05) is 0 Å². The summed E-state index contributed by atoms with van der Waals surface area (Å²) in [5.41, 5.74) is 14.5. The Morgan fingerprint density at radius 2 is 1.13 bits per heavy atom. The Morgan fingerprint density at radius 1 is 0.547 bits per heavy atom. The van der Waals surface area contributed by atoms with Crippen LogP contribution < -0.4 is 0 Å². The van der Waals surface area contributed by atoms with E-state index in [-0.39, 0.29) is 5.41 Å². The SMILES string of the molecule is C=C1c2cc(-c3ccccc3-c3cccc(-c4nc(-c5ccccc5)cc(-c5ccccc5)n4)c3)ccc2C(C)(C)C/C=C\c2c1oc1ccccc21. The van der Waals surface area contributed by atoms with Crippen LogP contribution in [0.5, 0.6) is 0 Å². The van der Waals surface area contributed by atoms with E-state index in [0.717, 1.165) is 90.2 Å². The summed E-state index contributed by atoms with van der Waals surface area (Å²) in [4.78, 5) is 10.2. The van der Waals surface area contributed by atoms with E-state index in [0.29, 0.717) is 5.82 Å². The molecular formula is C50H38N2O. The van der Waals surface area contributed by atoms with Gasteiger partial charge < -0.3 is 4.42 Å². The van der Waals surface area contributed by atoms with E-state index in [1.165, 1.54) is 5.56 Å². The lowest BCUT2D eigenvalue weighted by Crippen LogP contribution is -2.18. The van der Waals surface area contributed by atoms with Gasteiger partial charge in [0.05, 0.1) is 11.4 Å². The minimum atomic E-state index is -0.104. The van der Waals surface area contributed by atoms with Gasteiger partial charge in [-0.1, -0.05) is 166 Å². The molecule has 3 heteroatoms. The van der Waals surface area contributed by atoms with E-state index in [2.05, 4.69) is 142 Å². The molecular weight excluding hydrogens is 645 g/mol. The van der Waals surface area contributed by atoms with Crippen molar-refractivity contribution in [3.05, 3.63) is 193 Å². The zero-order valence-electron chi connectivity index (χ0n) is 29.9. The number of rotatable bonds is 5.